The molecule has 260 valence electrons. The number of aromatic hydroxyl groups is 1. The lowest BCUT2D eigenvalue weighted by atomic mass is 9.51. The van der Waals surface area contributed by atoms with Crippen molar-refractivity contribution in [2.75, 3.05) is 21.3 Å². The van der Waals surface area contributed by atoms with Crippen LogP contribution in [0.1, 0.15) is 43.5 Å². The number of phenols is 1. The highest BCUT2D eigenvalue weighted by Gasteiger charge is 2.59. The van der Waals surface area contributed by atoms with Gasteiger partial charge in [-0.25, -0.2) is 28.5 Å². The zero-order chi connectivity index (χ0) is 35.8. The molecule has 1 fully saturated rings. The minimum absolute atomic E-state index is 0.0148. The first-order valence-electron chi connectivity index (χ1n) is 16.2. The van der Waals surface area contributed by atoms with Crippen molar-refractivity contribution in [2.45, 2.75) is 51.7 Å². The second-order valence-corrected chi connectivity index (χ2v) is 13.2. The van der Waals surface area contributed by atoms with E-state index in [1.807, 2.05) is 6.08 Å². The Morgan fingerprint density at radius 1 is 0.980 bits per heavy atom. The maximum absolute atomic E-state index is 14.2. The molecule has 0 radical (unpaired) electrons. The van der Waals surface area contributed by atoms with E-state index in [2.05, 4.69) is 4.98 Å². The van der Waals surface area contributed by atoms with Gasteiger partial charge in [-0.1, -0.05) is 13.0 Å². The summed E-state index contributed by atoms with van der Waals surface area (Å²) in [6.45, 7) is 3.22. The van der Waals surface area contributed by atoms with Crippen LogP contribution in [0.25, 0.3) is 11.0 Å². The summed E-state index contributed by atoms with van der Waals surface area (Å²) < 4.78 is 21.4. The van der Waals surface area contributed by atoms with Crippen LogP contribution in [0.5, 0.6) is 23.0 Å². The molecule has 2 aromatic carbocycles. The van der Waals surface area contributed by atoms with Gasteiger partial charge in [-0.2, -0.15) is 0 Å². The van der Waals surface area contributed by atoms with Crippen LogP contribution in [-0.2, 0) is 36.1 Å². The third kappa shape index (κ3) is 4.61. The quantitative estimate of drug-likeness (QED) is 0.286. The number of carbonyl (C=O) groups excluding carboxylic acids is 2. The molecule has 7 rings (SSSR count). The highest BCUT2D eigenvalue weighted by Crippen LogP contribution is 2.60. The van der Waals surface area contributed by atoms with E-state index in [4.69, 9.17) is 14.2 Å². The van der Waals surface area contributed by atoms with Crippen molar-refractivity contribution in [1.82, 2.24) is 23.5 Å². The van der Waals surface area contributed by atoms with E-state index < -0.39 is 34.7 Å². The molecule has 0 spiro atoms. The molecule has 14 nitrogen and oxygen atoms in total. The zero-order valence-electron chi connectivity index (χ0n) is 28.6. The average Bonchev–Trinajstić information content (AvgIpc) is 3.35. The number of carbonyl (C=O) groups is 2. The summed E-state index contributed by atoms with van der Waals surface area (Å²) in [5.74, 6) is -0.882. The number of hydrogen-bond donors (Lipinski definition) is 1. The lowest BCUT2D eigenvalue weighted by molar-refractivity contribution is -0.139. The number of allylic oxidation sites excluding steroid dienone is 4. The molecular formula is C36H37N5O9. The molecule has 0 bridgehead atoms. The first-order chi connectivity index (χ1) is 23.8. The van der Waals surface area contributed by atoms with Crippen LogP contribution in [0.4, 0.5) is 0 Å². The minimum Gasteiger partial charge on any atom is -0.508 e. The Labute approximate surface area is 285 Å². The van der Waals surface area contributed by atoms with Gasteiger partial charge in [0, 0.05) is 49.5 Å². The molecule has 1 N–H and O–H groups in total. The minimum atomic E-state index is -1.27. The van der Waals surface area contributed by atoms with Crippen LogP contribution in [0, 0.1) is 11.3 Å². The van der Waals surface area contributed by atoms with Crippen LogP contribution in [0.3, 0.4) is 0 Å². The third-order valence-electron chi connectivity index (χ3n) is 10.8. The number of rotatable bonds is 7. The molecule has 1 aliphatic heterocycles. The average molecular weight is 684 g/mol. The van der Waals surface area contributed by atoms with Crippen LogP contribution < -0.4 is 31.1 Å². The van der Waals surface area contributed by atoms with Gasteiger partial charge in [-0.05, 0) is 48.8 Å². The van der Waals surface area contributed by atoms with Gasteiger partial charge in [-0.15, -0.1) is 0 Å². The molecule has 14 heteroatoms. The number of benzene rings is 2. The first kappa shape index (κ1) is 32.9. The van der Waals surface area contributed by atoms with Gasteiger partial charge < -0.3 is 23.9 Å². The summed E-state index contributed by atoms with van der Waals surface area (Å²) in [7, 11) is 6.09. The molecule has 2 aromatic heterocycles. The number of Topliss-reactive ketones (excluding diaryl/α,β-unsaturated/α-hetero) is 1. The lowest BCUT2D eigenvalue weighted by Crippen LogP contribution is -2.54. The Morgan fingerprint density at radius 3 is 2.40 bits per heavy atom. The van der Waals surface area contributed by atoms with Crippen LogP contribution in [0.2, 0.25) is 0 Å². The summed E-state index contributed by atoms with van der Waals surface area (Å²) in [4.78, 5) is 73.6. The van der Waals surface area contributed by atoms with Crippen molar-refractivity contribution >= 4 is 22.6 Å². The molecule has 4 atom stereocenters. The normalized spacial score (nSPS) is 22.7. The fourth-order valence-corrected chi connectivity index (χ4v) is 8.11. The number of ether oxygens (including phenoxy) is 3. The number of aromatic nitrogens is 5. The summed E-state index contributed by atoms with van der Waals surface area (Å²) in [5.41, 5.74) is -0.352. The second-order valence-electron chi connectivity index (χ2n) is 13.2. The second kappa shape index (κ2) is 11.7. The van der Waals surface area contributed by atoms with Gasteiger partial charge in [0.1, 0.15) is 17.2 Å². The topological polar surface area (TPSA) is 166 Å². The van der Waals surface area contributed by atoms with Crippen molar-refractivity contribution in [3.05, 3.63) is 96.2 Å². The fraction of sp³-hybridized carbons (Fsp3) is 0.389. The fourth-order valence-electron chi connectivity index (χ4n) is 8.11. The van der Waals surface area contributed by atoms with E-state index in [9.17, 15) is 29.1 Å². The van der Waals surface area contributed by atoms with E-state index in [1.165, 1.54) is 47.4 Å². The lowest BCUT2D eigenvalue weighted by Gasteiger charge is -2.52. The summed E-state index contributed by atoms with van der Waals surface area (Å²) >= 11 is 0. The van der Waals surface area contributed by atoms with Crippen molar-refractivity contribution in [2.24, 2.45) is 18.4 Å². The largest absolute Gasteiger partial charge is 0.508 e. The zero-order valence-corrected chi connectivity index (χ0v) is 28.6. The number of nitrogens with zero attached hydrogens (tertiary/aromatic N) is 5. The standard InChI is InChI=1S/C36H37N5O9/c1-18-13-30(43)36(2)22(32(18)44)15-25-20(31(36)21-14-19(48-4)7-8-27(21)42)9-12-40-34(46)39(35(47)41(25)40)11-10-23-33(45)38(3)26-17-29(50-6)28(49-5)16-24(26)37-23/h7-9,13-14,16-17,22,25,31,42H,10-12,15H2,1-6H3/t22-,25+,31+,36-/m0/s1. The Bertz CT molecular complexity index is 2380. The van der Waals surface area contributed by atoms with Crippen molar-refractivity contribution in [3.8, 4) is 23.0 Å². The first-order valence-corrected chi connectivity index (χ1v) is 16.2. The number of phenolic OH excluding ortho intramolecular Hbond substituents is 1. The van der Waals surface area contributed by atoms with E-state index >= 15 is 0 Å². The Balaban J connectivity index is 1.31. The predicted molar refractivity (Wildman–Crippen MR) is 181 cm³/mol. The third-order valence-corrected chi connectivity index (χ3v) is 10.8. The molecule has 1 saturated carbocycles. The van der Waals surface area contributed by atoms with Crippen molar-refractivity contribution in [3.63, 3.8) is 0 Å². The smallest absolute Gasteiger partial charge is 0.347 e. The molecular weight excluding hydrogens is 646 g/mol. The molecule has 3 aliphatic rings. The highest BCUT2D eigenvalue weighted by atomic mass is 16.5. The Morgan fingerprint density at radius 2 is 1.70 bits per heavy atom. The van der Waals surface area contributed by atoms with E-state index in [0.29, 0.717) is 45.0 Å². The van der Waals surface area contributed by atoms with E-state index in [-0.39, 0.29) is 54.5 Å². The summed E-state index contributed by atoms with van der Waals surface area (Å²) in [6, 6.07) is 7.27. The molecule has 50 heavy (non-hydrogen) atoms. The maximum Gasteiger partial charge on any atom is 0.347 e. The van der Waals surface area contributed by atoms with Crippen LogP contribution >= 0.6 is 0 Å². The van der Waals surface area contributed by atoms with E-state index in [1.54, 1.807) is 45.2 Å². The Kier molecular flexibility index (Phi) is 7.72. The maximum atomic E-state index is 14.2. The highest BCUT2D eigenvalue weighted by molar-refractivity contribution is 6.13. The van der Waals surface area contributed by atoms with E-state index in [0.717, 1.165) is 4.57 Å². The van der Waals surface area contributed by atoms with Gasteiger partial charge in [0.2, 0.25) is 0 Å². The van der Waals surface area contributed by atoms with Crippen LogP contribution in [-0.4, -0.2) is 61.5 Å². The number of ketones is 2. The molecule has 0 saturated heterocycles. The Hall–Kier alpha value is -5.66. The molecule has 0 unspecified atom stereocenters. The molecule has 0 amide bonds. The predicted octanol–water partition coefficient (Wildman–Crippen LogP) is 2.42. The van der Waals surface area contributed by atoms with Crippen molar-refractivity contribution in [1.29, 1.82) is 0 Å². The molecule has 2 aliphatic carbocycles. The van der Waals surface area contributed by atoms with Gasteiger partial charge >= 0.3 is 11.4 Å². The number of methoxy groups -OCH3 is 3. The number of aryl methyl sites for hydroxylation is 2. The van der Waals surface area contributed by atoms with Gasteiger partial charge in [0.05, 0.1) is 50.4 Å². The van der Waals surface area contributed by atoms with Gasteiger partial charge in [-0.3, -0.25) is 14.4 Å². The van der Waals surface area contributed by atoms with Crippen molar-refractivity contribution < 1.29 is 28.9 Å². The number of hydrogen-bond acceptors (Lipinski definition) is 10. The summed E-state index contributed by atoms with van der Waals surface area (Å²) in [6.07, 6.45) is 3.26. The number of fused-ring (bicyclic) bond motifs is 5. The van der Waals surface area contributed by atoms with Gasteiger partial charge in [0.25, 0.3) is 5.56 Å². The SMILES string of the molecule is COc1ccc(O)c([C@H]2C3=CCn4c(=O)n(CCc5nc6cc(OC)c(OC)cc6n(C)c5=O)c(=O)n4[C@@H]3C[C@H]3C(=O)C(C)=CC(=O)[C@@]23C)c1. The van der Waals surface area contributed by atoms with Crippen LogP contribution in [0.15, 0.2) is 68.0 Å². The summed E-state index contributed by atoms with van der Waals surface area (Å²) in [5, 5.41) is 11.2. The monoisotopic (exact) mass is 683 g/mol. The molecule has 3 heterocycles. The van der Waals surface area contributed by atoms with Gasteiger partial charge in [0.15, 0.2) is 23.1 Å². The molecule has 4 aromatic rings.